The SMILES string of the molecule is CC(C)C1C(Cl)[C@@H]2O[C@@]23[C@@]2(C)CCC4=C(COC4=O)C2CC[C@@]3(O)[C@@H]1O. The van der Waals surface area contributed by atoms with Crippen molar-refractivity contribution < 1.29 is 24.5 Å². The van der Waals surface area contributed by atoms with Gasteiger partial charge in [-0.25, -0.2) is 4.79 Å². The van der Waals surface area contributed by atoms with Gasteiger partial charge in [0.05, 0.1) is 11.5 Å². The van der Waals surface area contributed by atoms with E-state index in [4.69, 9.17) is 21.1 Å². The molecule has 3 fully saturated rings. The second-order valence-corrected chi connectivity index (χ2v) is 10.0. The van der Waals surface area contributed by atoms with Crippen molar-refractivity contribution in [1.82, 2.24) is 0 Å². The number of alkyl halides is 1. The van der Waals surface area contributed by atoms with Crippen molar-refractivity contribution in [2.45, 2.75) is 75.2 Å². The molecule has 2 saturated carbocycles. The number of cyclic esters (lactones) is 1. The highest BCUT2D eigenvalue weighted by Crippen LogP contribution is 2.74. The molecule has 0 bridgehead atoms. The zero-order valence-electron chi connectivity index (χ0n) is 15.5. The van der Waals surface area contributed by atoms with Gasteiger partial charge in [-0.3, -0.25) is 0 Å². The average Bonchev–Trinajstić information content (AvgIpc) is 3.25. The van der Waals surface area contributed by atoms with E-state index in [0.29, 0.717) is 19.4 Å². The van der Waals surface area contributed by atoms with E-state index in [2.05, 4.69) is 6.92 Å². The lowest BCUT2D eigenvalue weighted by atomic mass is 9.45. The number of carbonyl (C=O) groups is 1. The number of esters is 1. The van der Waals surface area contributed by atoms with Crippen LogP contribution >= 0.6 is 11.6 Å². The van der Waals surface area contributed by atoms with Crippen LogP contribution in [0.4, 0.5) is 0 Å². The second kappa shape index (κ2) is 5.05. The maximum Gasteiger partial charge on any atom is 0.334 e. The van der Waals surface area contributed by atoms with E-state index in [-0.39, 0.29) is 40.6 Å². The Morgan fingerprint density at radius 3 is 2.73 bits per heavy atom. The average molecular weight is 383 g/mol. The van der Waals surface area contributed by atoms with Crippen LogP contribution < -0.4 is 0 Å². The second-order valence-electron chi connectivity index (χ2n) is 9.50. The smallest absolute Gasteiger partial charge is 0.334 e. The molecule has 5 nitrogen and oxygen atoms in total. The summed E-state index contributed by atoms with van der Waals surface area (Å²) in [5.41, 5.74) is -0.561. The largest absolute Gasteiger partial charge is 0.458 e. The Hall–Kier alpha value is -0.620. The van der Waals surface area contributed by atoms with E-state index >= 15 is 0 Å². The minimum absolute atomic E-state index is 0.134. The predicted molar refractivity (Wildman–Crippen MR) is 94.6 cm³/mol. The van der Waals surface area contributed by atoms with E-state index in [1.807, 2.05) is 13.8 Å². The summed E-state index contributed by atoms with van der Waals surface area (Å²) in [6.45, 7) is 6.58. The molecule has 0 aromatic heterocycles. The van der Waals surface area contributed by atoms with Gasteiger partial charge in [0, 0.05) is 16.9 Å². The number of aliphatic hydroxyl groups is 2. The molecule has 0 amide bonds. The Morgan fingerprint density at radius 1 is 1.31 bits per heavy atom. The third-order valence-electron chi connectivity index (χ3n) is 8.32. The highest BCUT2D eigenvalue weighted by Gasteiger charge is 2.86. The number of halogens is 1. The topological polar surface area (TPSA) is 79.3 Å². The van der Waals surface area contributed by atoms with Gasteiger partial charge in [0.15, 0.2) is 0 Å². The van der Waals surface area contributed by atoms with Crippen molar-refractivity contribution in [3.8, 4) is 0 Å². The standard InChI is InChI=1S/C20H27ClO5/c1-9(2)13-14(21)16-20(26-16)18(3)6-4-10-11(8-25-17(10)23)12(18)5-7-19(20,24)15(13)22/h9,12-16,22,24H,4-8H2,1-3H3/t12?,13?,14?,15-,16+,18+,19-,20-/m1/s1. The molecule has 0 aromatic carbocycles. The fraction of sp³-hybridized carbons (Fsp3) is 0.850. The van der Waals surface area contributed by atoms with E-state index in [1.165, 1.54) is 0 Å². The van der Waals surface area contributed by atoms with Gasteiger partial charge in [0.2, 0.25) is 0 Å². The van der Waals surface area contributed by atoms with Crippen LogP contribution in [0.3, 0.4) is 0 Å². The quantitative estimate of drug-likeness (QED) is 0.413. The molecule has 2 N–H and O–H groups in total. The zero-order chi connectivity index (χ0) is 18.6. The summed E-state index contributed by atoms with van der Waals surface area (Å²) in [7, 11) is 0. The Bertz CT molecular complexity index is 719. The van der Waals surface area contributed by atoms with Crippen molar-refractivity contribution >= 4 is 17.6 Å². The number of hydrogen-bond donors (Lipinski definition) is 2. The molecular formula is C20H27ClO5. The molecule has 3 unspecified atom stereocenters. The van der Waals surface area contributed by atoms with Crippen LogP contribution in [0.5, 0.6) is 0 Å². The Morgan fingerprint density at radius 2 is 2.04 bits per heavy atom. The number of rotatable bonds is 1. The van der Waals surface area contributed by atoms with Crippen molar-refractivity contribution in [2.24, 2.45) is 23.2 Å². The van der Waals surface area contributed by atoms with Gasteiger partial charge < -0.3 is 19.7 Å². The summed E-state index contributed by atoms with van der Waals surface area (Å²) in [5.74, 6) is -0.0926. The molecule has 1 saturated heterocycles. The van der Waals surface area contributed by atoms with Gasteiger partial charge in [-0.1, -0.05) is 20.8 Å². The van der Waals surface area contributed by atoms with Gasteiger partial charge in [0.1, 0.15) is 23.9 Å². The molecule has 26 heavy (non-hydrogen) atoms. The molecule has 0 aromatic rings. The van der Waals surface area contributed by atoms with E-state index in [0.717, 1.165) is 24.0 Å². The number of hydrogen-bond acceptors (Lipinski definition) is 5. The third kappa shape index (κ3) is 1.68. The first-order valence-electron chi connectivity index (χ1n) is 9.80. The molecule has 2 aliphatic heterocycles. The highest BCUT2D eigenvalue weighted by molar-refractivity contribution is 6.21. The minimum atomic E-state index is -1.29. The lowest BCUT2D eigenvalue weighted by Crippen LogP contribution is -2.73. The lowest BCUT2D eigenvalue weighted by Gasteiger charge is -2.60. The normalized spacial score (nSPS) is 55.0. The van der Waals surface area contributed by atoms with Gasteiger partial charge >= 0.3 is 5.97 Å². The molecule has 0 radical (unpaired) electrons. The summed E-state index contributed by atoms with van der Waals surface area (Å²) >= 11 is 6.78. The van der Waals surface area contributed by atoms with Crippen molar-refractivity contribution in [1.29, 1.82) is 0 Å². The van der Waals surface area contributed by atoms with Crippen molar-refractivity contribution in [3.63, 3.8) is 0 Å². The molecule has 6 heteroatoms. The number of ether oxygens (including phenoxy) is 2. The Labute approximate surface area is 158 Å². The maximum atomic E-state index is 12.0. The summed E-state index contributed by atoms with van der Waals surface area (Å²) in [6.07, 6.45) is 1.42. The fourth-order valence-corrected chi connectivity index (χ4v) is 7.66. The minimum Gasteiger partial charge on any atom is -0.458 e. The van der Waals surface area contributed by atoms with Crippen LogP contribution in [0.1, 0.15) is 46.5 Å². The highest BCUT2D eigenvalue weighted by atomic mass is 35.5. The monoisotopic (exact) mass is 382 g/mol. The van der Waals surface area contributed by atoms with Crippen LogP contribution in [-0.4, -0.2) is 51.6 Å². The Kier molecular flexibility index (Phi) is 3.39. The van der Waals surface area contributed by atoms with Crippen LogP contribution in [0.25, 0.3) is 0 Å². The first-order valence-corrected chi connectivity index (χ1v) is 10.2. The fourth-order valence-electron chi connectivity index (χ4n) is 7.01. The maximum absolute atomic E-state index is 12.0. The van der Waals surface area contributed by atoms with Gasteiger partial charge in [-0.2, -0.15) is 0 Å². The van der Waals surface area contributed by atoms with E-state index in [9.17, 15) is 15.0 Å². The molecule has 8 atom stereocenters. The lowest BCUT2D eigenvalue weighted by molar-refractivity contribution is -0.219. The molecule has 2 heterocycles. The molecule has 5 rings (SSSR count). The summed E-state index contributed by atoms with van der Waals surface area (Å²) < 4.78 is 11.6. The van der Waals surface area contributed by atoms with Crippen molar-refractivity contribution in [3.05, 3.63) is 11.1 Å². The van der Waals surface area contributed by atoms with Crippen LogP contribution in [0, 0.1) is 23.2 Å². The first kappa shape index (κ1) is 17.5. The molecule has 144 valence electrons. The van der Waals surface area contributed by atoms with Gasteiger partial charge in [-0.05, 0) is 43.1 Å². The van der Waals surface area contributed by atoms with Crippen LogP contribution in [-0.2, 0) is 14.3 Å². The summed E-state index contributed by atoms with van der Waals surface area (Å²) in [5, 5.41) is 22.6. The first-order chi connectivity index (χ1) is 12.2. The molecular weight excluding hydrogens is 356 g/mol. The predicted octanol–water partition coefficient (Wildman–Crippen LogP) is 2.17. The van der Waals surface area contributed by atoms with E-state index < -0.39 is 17.3 Å². The number of carbonyl (C=O) groups excluding carboxylic acids is 1. The molecule has 3 aliphatic carbocycles. The molecule has 1 spiro atoms. The van der Waals surface area contributed by atoms with Gasteiger partial charge in [-0.15, -0.1) is 11.6 Å². The van der Waals surface area contributed by atoms with Crippen molar-refractivity contribution in [2.75, 3.05) is 6.61 Å². The number of fused-ring (bicyclic) bond motifs is 2. The van der Waals surface area contributed by atoms with Gasteiger partial charge in [0.25, 0.3) is 0 Å². The third-order valence-corrected chi connectivity index (χ3v) is 8.84. The number of aliphatic hydroxyl groups excluding tert-OH is 1. The Balaban J connectivity index is 1.61. The zero-order valence-corrected chi connectivity index (χ0v) is 16.3. The van der Waals surface area contributed by atoms with E-state index in [1.54, 1.807) is 0 Å². The number of epoxide rings is 1. The summed E-state index contributed by atoms with van der Waals surface area (Å²) in [4.78, 5) is 12.0. The van der Waals surface area contributed by atoms with Crippen LogP contribution in [0.2, 0.25) is 0 Å². The van der Waals surface area contributed by atoms with Crippen LogP contribution in [0.15, 0.2) is 11.1 Å². The summed E-state index contributed by atoms with van der Waals surface area (Å²) in [6, 6.07) is 0. The molecule has 5 aliphatic rings.